The van der Waals surface area contributed by atoms with E-state index in [0.29, 0.717) is 32.4 Å². The van der Waals surface area contributed by atoms with Gasteiger partial charge in [-0.1, -0.05) is 55.4 Å². The predicted octanol–water partition coefficient (Wildman–Crippen LogP) is 5.89. The molecule has 0 aliphatic carbocycles. The van der Waals surface area contributed by atoms with Crippen LogP contribution in [0.4, 0.5) is 0 Å². The Bertz CT molecular complexity index is 645. The Balaban J connectivity index is 6.81. The van der Waals surface area contributed by atoms with Crippen LogP contribution in [0.25, 0.3) is 0 Å². The number of carbonyl (C=O) groups is 2. The van der Waals surface area contributed by atoms with Gasteiger partial charge in [-0.25, -0.2) is 0 Å². The van der Waals surface area contributed by atoms with Crippen LogP contribution in [-0.4, -0.2) is 43.4 Å². The van der Waals surface area contributed by atoms with Crippen LogP contribution in [0, 0.1) is 27.1 Å². The second kappa shape index (κ2) is 13.2. The van der Waals surface area contributed by atoms with Crippen LogP contribution in [0.3, 0.4) is 0 Å². The van der Waals surface area contributed by atoms with Crippen molar-refractivity contribution in [1.82, 2.24) is 0 Å². The first-order chi connectivity index (χ1) is 15.7. The predicted molar refractivity (Wildman–Crippen MR) is 139 cm³/mol. The molecule has 0 rings (SSSR count). The van der Waals surface area contributed by atoms with Crippen molar-refractivity contribution in [2.24, 2.45) is 32.8 Å². The molecule has 0 spiro atoms. The van der Waals surface area contributed by atoms with Crippen molar-refractivity contribution in [3.8, 4) is 0 Å². The minimum absolute atomic E-state index is 0.00927. The van der Waals surface area contributed by atoms with Crippen molar-refractivity contribution in [3.63, 3.8) is 0 Å². The van der Waals surface area contributed by atoms with Crippen LogP contribution >= 0.6 is 0 Å². The molecule has 0 aromatic heterocycles. The lowest BCUT2D eigenvalue weighted by Crippen LogP contribution is -2.57. The topological polar surface area (TPSA) is 98.9 Å². The number of aliphatic hydroxyl groups excluding tert-OH is 1. The zero-order chi connectivity index (χ0) is 26.8. The van der Waals surface area contributed by atoms with Gasteiger partial charge in [-0.3, -0.25) is 9.59 Å². The minimum atomic E-state index is -0.794. The summed E-state index contributed by atoms with van der Waals surface area (Å²) in [5, 5.41) is 9.29. The van der Waals surface area contributed by atoms with Crippen molar-refractivity contribution >= 4 is 11.9 Å². The largest absolute Gasteiger partial charge is 0.465 e. The normalized spacial score (nSPS) is 17.9. The van der Waals surface area contributed by atoms with E-state index in [1.54, 1.807) is 0 Å². The molecule has 34 heavy (non-hydrogen) atoms. The van der Waals surface area contributed by atoms with E-state index in [2.05, 4.69) is 55.4 Å². The third-order valence-corrected chi connectivity index (χ3v) is 10.0. The van der Waals surface area contributed by atoms with Gasteiger partial charge >= 0.3 is 11.9 Å². The molecule has 0 aromatic rings. The average molecular weight is 486 g/mol. The Kier molecular flexibility index (Phi) is 12.8. The molecular weight excluding hydrogens is 430 g/mol. The molecule has 0 saturated carbocycles. The highest BCUT2D eigenvalue weighted by Gasteiger charge is 2.62. The molecule has 6 heteroatoms. The Morgan fingerprint density at radius 2 is 1.24 bits per heavy atom. The lowest BCUT2D eigenvalue weighted by Gasteiger charge is -2.59. The van der Waals surface area contributed by atoms with Gasteiger partial charge in [0.05, 0.1) is 24.0 Å². The second-order valence-corrected chi connectivity index (χ2v) is 11.2. The molecular formula is C28H55NO5. The van der Waals surface area contributed by atoms with Gasteiger partial charge in [0, 0.05) is 0 Å². The number of rotatable bonds is 17. The van der Waals surface area contributed by atoms with Gasteiger partial charge in [-0.2, -0.15) is 0 Å². The SMILES string of the molecule is CCC(C)(C)C(C)(CC(CC)(CC)C(C)(CC)C(C)(CC)C(=O)OCCCN)C(=O)OCCO. The number of ether oxygens (including phenoxy) is 2. The van der Waals surface area contributed by atoms with E-state index in [1.165, 1.54) is 0 Å². The van der Waals surface area contributed by atoms with E-state index in [0.717, 1.165) is 25.7 Å². The molecule has 3 atom stereocenters. The van der Waals surface area contributed by atoms with Crippen LogP contribution in [0.15, 0.2) is 0 Å². The monoisotopic (exact) mass is 485 g/mol. The van der Waals surface area contributed by atoms with E-state index in [1.807, 2.05) is 13.8 Å². The lowest BCUT2D eigenvalue weighted by atomic mass is 9.44. The van der Waals surface area contributed by atoms with Gasteiger partial charge in [0.1, 0.15) is 6.61 Å². The van der Waals surface area contributed by atoms with Gasteiger partial charge in [0.25, 0.3) is 0 Å². The molecule has 0 amide bonds. The summed E-state index contributed by atoms with van der Waals surface area (Å²) in [6, 6.07) is 0. The van der Waals surface area contributed by atoms with E-state index < -0.39 is 16.2 Å². The molecule has 0 aromatic carbocycles. The van der Waals surface area contributed by atoms with Gasteiger partial charge < -0.3 is 20.3 Å². The first-order valence-electron chi connectivity index (χ1n) is 13.4. The Morgan fingerprint density at radius 1 is 0.735 bits per heavy atom. The summed E-state index contributed by atoms with van der Waals surface area (Å²) in [5.74, 6) is -0.458. The summed E-state index contributed by atoms with van der Waals surface area (Å²) in [6.45, 7) is 21.7. The van der Waals surface area contributed by atoms with Crippen LogP contribution in [0.2, 0.25) is 0 Å². The summed E-state index contributed by atoms with van der Waals surface area (Å²) in [6.07, 6.45) is 5.10. The third-order valence-electron chi connectivity index (χ3n) is 10.0. The second-order valence-electron chi connectivity index (χ2n) is 11.2. The average Bonchev–Trinajstić information content (AvgIpc) is 2.84. The fourth-order valence-electron chi connectivity index (χ4n) is 5.95. The van der Waals surface area contributed by atoms with Crippen LogP contribution in [0.5, 0.6) is 0 Å². The highest BCUT2D eigenvalue weighted by atomic mass is 16.5. The van der Waals surface area contributed by atoms with E-state index >= 15 is 0 Å². The number of aliphatic hydroxyl groups is 1. The van der Waals surface area contributed by atoms with Gasteiger partial charge in [-0.05, 0) is 81.6 Å². The molecule has 202 valence electrons. The molecule has 0 heterocycles. The van der Waals surface area contributed by atoms with Crippen molar-refractivity contribution in [2.75, 3.05) is 26.4 Å². The summed E-state index contributed by atoms with van der Waals surface area (Å²) in [4.78, 5) is 27.1. The van der Waals surface area contributed by atoms with Crippen LogP contribution in [-0.2, 0) is 19.1 Å². The third kappa shape index (κ3) is 5.98. The van der Waals surface area contributed by atoms with E-state index in [9.17, 15) is 14.7 Å². The molecule has 3 N–H and O–H groups in total. The Morgan fingerprint density at radius 3 is 1.62 bits per heavy atom. The number of carbonyl (C=O) groups excluding carboxylic acids is 2. The molecule has 0 saturated heterocycles. The van der Waals surface area contributed by atoms with E-state index in [-0.39, 0.29) is 36.0 Å². The Hall–Kier alpha value is -1.14. The zero-order valence-corrected chi connectivity index (χ0v) is 23.9. The van der Waals surface area contributed by atoms with Crippen LogP contribution < -0.4 is 5.73 Å². The number of esters is 2. The van der Waals surface area contributed by atoms with Gasteiger partial charge in [-0.15, -0.1) is 0 Å². The summed E-state index contributed by atoms with van der Waals surface area (Å²) >= 11 is 0. The highest BCUT2D eigenvalue weighted by Crippen LogP contribution is 2.64. The first kappa shape index (κ1) is 32.9. The first-order valence-corrected chi connectivity index (χ1v) is 13.4. The summed E-state index contributed by atoms with van der Waals surface area (Å²) in [5.41, 5.74) is 3.00. The van der Waals surface area contributed by atoms with Gasteiger partial charge in [0.2, 0.25) is 0 Å². The molecule has 0 aliphatic rings. The maximum atomic E-state index is 13.6. The van der Waals surface area contributed by atoms with Crippen LogP contribution in [0.1, 0.15) is 114 Å². The van der Waals surface area contributed by atoms with Gasteiger partial charge in [0.15, 0.2) is 0 Å². The minimum Gasteiger partial charge on any atom is -0.465 e. The molecule has 0 bridgehead atoms. The standard InChI is InChI=1S/C28H55NO5/c1-11-24(6,7)26(9,23(32)34-20-18-30)21-28(14-4,15-5)27(10,13-3)25(8,12-2)22(31)33-19-16-17-29/h30H,11-21,29H2,1-10H3. The Labute approximate surface area is 209 Å². The number of hydrogen-bond donors (Lipinski definition) is 2. The number of hydrogen-bond acceptors (Lipinski definition) is 6. The lowest BCUT2D eigenvalue weighted by molar-refractivity contribution is -0.187. The molecule has 6 nitrogen and oxygen atoms in total. The summed E-state index contributed by atoms with van der Waals surface area (Å²) < 4.78 is 11.3. The molecule has 3 unspecified atom stereocenters. The zero-order valence-electron chi connectivity index (χ0n) is 23.9. The maximum absolute atomic E-state index is 13.6. The van der Waals surface area contributed by atoms with E-state index in [4.69, 9.17) is 15.2 Å². The van der Waals surface area contributed by atoms with Crippen molar-refractivity contribution in [2.45, 2.75) is 114 Å². The maximum Gasteiger partial charge on any atom is 0.312 e. The molecule has 0 fully saturated rings. The fraction of sp³-hybridized carbons (Fsp3) is 0.929. The highest BCUT2D eigenvalue weighted by molar-refractivity contribution is 5.79. The van der Waals surface area contributed by atoms with Crippen molar-refractivity contribution in [1.29, 1.82) is 0 Å². The smallest absolute Gasteiger partial charge is 0.312 e. The number of nitrogens with two attached hydrogens (primary N) is 1. The quantitative estimate of drug-likeness (QED) is 0.197. The molecule has 0 aliphatic heterocycles. The fourth-order valence-corrected chi connectivity index (χ4v) is 5.95. The van der Waals surface area contributed by atoms with Crippen molar-refractivity contribution in [3.05, 3.63) is 0 Å². The molecule has 0 radical (unpaired) electrons. The van der Waals surface area contributed by atoms with Crippen molar-refractivity contribution < 1.29 is 24.2 Å². The summed E-state index contributed by atoms with van der Waals surface area (Å²) in [7, 11) is 0.